The molecule has 0 atom stereocenters. The maximum Gasteiger partial charge on any atom is 0.138 e. The summed E-state index contributed by atoms with van der Waals surface area (Å²) in [7, 11) is 0. The van der Waals surface area contributed by atoms with Crippen LogP contribution >= 0.6 is 15.9 Å². The van der Waals surface area contributed by atoms with Gasteiger partial charge in [0.1, 0.15) is 12.4 Å². The summed E-state index contributed by atoms with van der Waals surface area (Å²) in [5.41, 5.74) is 1.91. The van der Waals surface area contributed by atoms with Gasteiger partial charge < -0.3 is 10.1 Å². The monoisotopic (exact) mass is 335 g/mol. The lowest BCUT2D eigenvalue weighted by atomic mass is 10.3. The van der Waals surface area contributed by atoms with E-state index < -0.39 is 0 Å². The quantitative estimate of drug-likeness (QED) is 0.788. The van der Waals surface area contributed by atoms with E-state index in [0.717, 1.165) is 41.1 Å². The molecule has 1 N–H and O–H groups in total. The number of pyridine rings is 2. The van der Waals surface area contributed by atoms with Gasteiger partial charge in [0.05, 0.1) is 17.6 Å². The Balaban J connectivity index is 1.82. The van der Waals surface area contributed by atoms with Crippen molar-refractivity contribution >= 4 is 15.9 Å². The molecular weight excluding hydrogens is 318 g/mol. The topological polar surface area (TPSA) is 47.0 Å². The molecule has 2 aromatic rings. The molecule has 0 saturated heterocycles. The molecule has 0 saturated carbocycles. The lowest BCUT2D eigenvalue weighted by molar-refractivity contribution is 0.300. The van der Waals surface area contributed by atoms with Gasteiger partial charge in [-0.25, -0.2) is 0 Å². The van der Waals surface area contributed by atoms with Crippen molar-refractivity contribution in [3.8, 4) is 5.75 Å². The molecule has 0 unspecified atom stereocenters. The average molecular weight is 336 g/mol. The highest BCUT2D eigenvalue weighted by atomic mass is 79.9. The maximum absolute atomic E-state index is 5.65. The lowest BCUT2D eigenvalue weighted by Gasteiger charge is -2.07. The SMILES string of the molecule is CCCNCc1ccc(OCc2ccc(Br)cn2)cn1. The molecule has 0 aromatic carbocycles. The number of ether oxygens (including phenoxy) is 1. The third-order valence-corrected chi connectivity index (χ3v) is 3.17. The highest BCUT2D eigenvalue weighted by molar-refractivity contribution is 9.10. The summed E-state index contributed by atoms with van der Waals surface area (Å²) in [5.74, 6) is 0.758. The Bertz CT molecular complexity index is 514. The molecule has 20 heavy (non-hydrogen) atoms. The predicted octanol–water partition coefficient (Wildman–Crippen LogP) is 3.32. The molecule has 0 aliphatic carbocycles. The van der Waals surface area contributed by atoms with Crippen molar-refractivity contribution < 1.29 is 4.74 Å². The van der Waals surface area contributed by atoms with Gasteiger partial charge in [-0.1, -0.05) is 6.92 Å². The second kappa shape index (κ2) is 7.97. The Labute approximate surface area is 127 Å². The zero-order valence-electron chi connectivity index (χ0n) is 11.5. The number of hydrogen-bond acceptors (Lipinski definition) is 4. The fourth-order valence-electron chi connectivity index (χ4n) is 1.64. The minimum atomic E-state index is 0.447. The van der Waals surface area contributed by atoms with Crippen molar-refractivity contribution in [3.05, 3.63) is 52.5 Å². The van der Waals surface area contributed by atoms with Crippen molar-refractivity contribution in [1.82, 2.24) is 15.3 Å². The zero-order chi connectivity index (χ0) is 14.2. The molecular formula is C15H18BrN3O. The second-order valence-electron chi connectivity index (χ2n) is 4.42. The molecule has 0 aliphatic heterocycles. The van der Waals surface area contributed by atoms with Gasteiger partial charge in [0.25, 0.3) is 0 Å². The van der Waals surface area contributed by atoms with E-state index in [1.807, 2.05) is 24.3 Å². The number of rotatable bonds is 7. The van der Waals surface area contributed by atoms with E-state index >= 15 is 0 Å². The van der Waals surface area contributed by atoms with Crippen LogP contribution in [0.5, 0.6) is 5.75 Å². The number of nitrogens with one attached hydrogen (secondary N) is 1. The Hall–Kier alpha value is -1.46. The van der Waals surface area contributed by atoms with E-state index in [1.165, 1.54) is 0 Å². The molecule has 0 amide bonds. The molecule has 2 rings (SSSR count). The Morgan fingerprint density at radius 3 is 2.55 bits per heavy atom. The number of aromatic nitrogens is 2. The number of halogens is 1. The van der Waals surface area contributed by atoms with Crippen LogP contribution in [0.2, 0.25) is 0 Å². The largest absolute Gasteiger partial charge is 0.486 e. The normalized spacial score (nSPS) is 10.5. The van der Waals surface area contributed by atoms with Gasteiger partial charge >= 0.3 is 0 Å². The number of nitrogens with zero attached hydrogens (tertiary/aromatic N) is 2. The van der Waals surface area contributed by atoms with Crippen molar-refractivity contribution in [2.24, 2.45) is 0 Å². The molecule has 106 valence electrons. The van der Waals surface area contributed by atoms with Crippen LogP contribution in [0.3, 0.4) is 0 Å². The molecule has 5 heteroatoms. The molecule has 2 aromatic heterocycles. The minimum Gasteiger partial charge on any atom is -0.486 e. The smallest absolute Gasteiger partial charge is 0.138 e. The minimum absolute atomic E-state index is 0.447. The third-order valence-electron chi connectivity index (χ3n) is 2.71. The van der Waals surface area contributed by atoms with E-state index in [4.69, 9.17) is 4.74 Å². The first-order chi connectivity index (χ1) is 9.78. The average Bonchev–Trinajstić information content (AvgIpc) is 2.48. The zero-order valence-corrected chi connectivity index (χ0v) is 13.1. The molecule has 0 spiro atoms. The van der Waals surface area contributed by atoms with Crippen LogP contribution in [0.1, 0.15) is 24.7 Å². The van der Waals surface area contributed by atoms with E-state index in [9.17, 15) is 0 Å². The highest BCUT2D eigenvalue weighted by Crippen LogP contribution is 2.12. The maximum atomic E-state index is 5.65. The summed E-state index contributed by atoms with van der Waals surface area (Å²) in [5, 5.41) is 3.32. The van der Waals surface area contributed by atoms with Crippen molar-refractivity contribution in [2.45, 2.75) is 26.5 Å². The van der Waals surface area contributed by atoms with Crippen LogP contribution in [0.25, 0.3) is 0 Å². The first-order valence-corrected chi connectivity index (χ1v) is 7.46. The summed E-state index contributed by atoms with van der Waals surface area (Å²) in [4.78, 5) is 8.62. The van der Waals surface area contributed by atoms with Crippen molar-refractivity contribution in [1.29, 1.82) is 0 Å². The summed E-state index contributed by atoms with van der Waals surface area (Å²) in [6.45, 7) is 4.40. The third kappa shape index (κ3) is 4.90. The predicted molar refractivity (Wildman–Crippen MR) is 82.5 cm³/mol. The summed E-state index contributed by atoms with van der Waals surface area (Å²) >= 11 is 3.36. The molecule has 0 fully saturated rings. The molecule has 0 aliphatic rings. The first kappa shape index (κ1) is 14.9. The van der Waals surface area contributed by atoms with E-state index in [0.29, 0.717) is 6.61 Å². The van der Waals surface area contributed by atoms with Gasteiger partial charge in [0, 0.05) is 17.2 Å². The van der Waals surface area contributed by atoms with Crippen molar-refractivity contribution in [2.75, 3.05) is 6.54 Å². The van der Waals surface area contributed by atoms with E-state index in [2.05, 4.69) is 38.1 Å². The van der Waals surface area contributed by atoms with E-state index in [-0.39, 0.29) is 0 Å². The lowest BCUT2D eigenvalue weighted by Crippen LogP contribution is -2.14. The fraction of sp³-hybridized carbons (Fsp3) is 0.333. The van der Waals surface area contributed by atoms with Crippen LogP contribution in [0.4, 0.5) is 0 Å². The van der Waals surface area contributed by atoms with E-state index in [1.54, 1.807) is 12.4 Å². The van der Waals surface area contributed by atoms with Crippen LogP contribution in [0.15, 0.2) is 41.1 Å². The number of hydrogen-bond donors (Lipinski definition) is 1. The molecule has 0 radical (unpaired) electrons. The molecule has 4 nitrogen and oxygen atoms in total. The standard InChI is InChI=1S/C15H18BrN3O/c1-2-7-17-9-13-5-6-15(10-19-13)20-11-14-4-3-12(16)8-18-14/h3-6,8,10,17H,2,7,9,11H2,1H3. The van der Waals surface area contributed by atoms with Crippen LogP contribution in [0, 0.1) is 0 Å². The van der Waals surface area contributed by atoms with Crippen LogP contribution in [-0.2, 0) is 13.2 Å². The molecule has 0 bridgehead atoms. The first-order valence-electron chi connectivity index (χ1n) is 6.67. The fourth-order valence-corrected chi connectivity index (χ4v) is 1.88. The Morgan fingerprint density at radius 1 is 1.10 bits per heavy atom. The van der Waals surface area contributed by atoms with Gasteiger partial charge in [0.15, 0.2) is 0 Å². The van der Waals surface area contributed by atoms with Crippen LogP contribution < -0.4 is 10.1 Å². The van der Waals surface area contributed by atoms with Gasteiger partial charge in [-0.2, -0.15) is 0 Å². The summed E-state index contributed by atoms with van der Waals surface area (Å²) < 4.78 is 6.62. The second-order valence-corrected chi connectivity index (χ2v) is 5.33. The Kier molecular flexibility index (Phi) is 5.95. The highest BCUT2D eigenvalue weighted by Gasteiger charge is 1.99. The van der Waals surface area contributed by atoms with Gasteiger partial charge in [0.2, 0.25) is 0 Å². The van der Waals surface area contributed by atoms with Crippen molar-refractivity contribution in [3.63, 3.8) is 0 Å². The van der Waals surface area contributed by atoms with Gasteiger partial charge in [-0.05, 0) is 53.2 Å². The van der Waals surface area contributed by atoms with Gasteiger partial charge in [-0.3, -0.25) is 9.97 Å². The summed E-state index contributed by atoms with van der Waals surface area (Å²) in [6, 6.07) is 7.80. The molecule has 2 heterocycles. The summed E-state index contributed by atoms with van der Waals surface area (Å²) in [6.07, 6.45) is 4.64. The Morgan fingerprint density at radius 2 is 1.90 bits per heavy atom. The van der Waals surface area contributed by atoms with Gasteiger partial charge in [-0.15, -0.1) is 0 Å². The van der Waals surface area contributed by atoms with Crippen LogP contribution in [-0.4, -0.2) is 16.5 Å².